The number of thiazole rings is 1. The van der Waals surface area contributed by atoms with Crippen LogP contribution in [0, 0.1) is 0 Å². The molecule has 1 saturated heterocycles. The first-order valence-electron chi connectivity index (χ1n) is 10.7. The summed E-state index contributed by atoms with van der Waals surface area (Å²) in [5.41, 5.74) is 7.45. The lowest BCUT2D eigenvalue weighted by Crippen LogP contribution is -2.48. The summed E-state index contributed by atoms with van der Waals surface area (Å²) in [4.78, 5) is 19.8. The zero-order chi connectivity index (χ0) is 23.8. The minimum Gasteiger partial charge on any atom is -0.493 e. The summed E-state index contributed by atoms with van der Waals surface area (Å²) in [5, 5.41) is 10.8. The third-order valence-corrected chi connectivity index (χ3v) is 7.00. The van der Waals surface area contributed by atoms with E-state index in [1.807, 2.05) is 18.3 Å². The molecule has 0 aliphatic carbocycles. The molecular weight excluding hydrogens is 474 g/mol. The molecule has 0 unspecified atom stereocenters. The van der Waals surface area contributed by atoms with Crippen LogP contribution in [0.4, 0.5) is 21.9 Å². The van der Waals surface area contributed by atoms with Crippen molar-refractivity contribution in [3.05, 3.63) is 18.3 Å². The summed E-state index contributed by atoms with van der Waals surface area (Å²) < 4.78 is 10.9. The normalized spacial score (nSPS) is 14.5. The molecule has 1 aliphatic heterocycles. The second-order valence-electron chi connectivity index (χ2n) is 7.96. The Kier molecular flexibility index (Phi) is 5.98. The van der Waals surface area contributed by atoms with Crippen molar-refractivity contribution in [2.75, 3.05) is 63.8 Å². The molecule has 1 aliphatic rings. The van der Waals surface area contributed by atoms with Gasteiger partial charge in [0.05, 0.1) is 25.1 Å². The Morgan fingerprint density at radius 3 is 2.65 bits per heavy atom. The molecule has 0 spiro atoms. The number of nitrogen functional groups attached to an aromatic ring is 1. The van der Waals surface area contributed by atoms with E-state index in [2.05, 4.69) is 47.4 Å². The van der Waals surface area contributed by atoms with E-state index in [4.69, 9.17) is 27.4 Å². The Hall–Kier alpha value is -3.42. The van der Waals surface area contributed by atoms with Crippen LogP contribution in [0.15, 0.2) is 18.3 Å². The lowest BCUT2D eigenvalue weighted by Gasteiger charge is -2.33. The molecule has 178 valence electrons. The Labute approximate surface area is 205 Å². The predicted molar refractivity (Wildman–Crippen MR) is 138 cm³/mol. The lowest BCUT2D eigenvalue weighted by molar-refractivity contribution is -0.353. The van der Waals surface area contributed by atoms with E-state index < -0.39 is 0 Å². The minimum atomic E-state index is 0.159. The summed E-state index contributed by atoms with van der Waals surface area (Å²) in [6.45, 7) is 3.82. The first-order valence-corrected chi connectivity index (χ1v) is 11.9. The summed E-state index contributed by atoms with van der Waals surface area (Å²) in [7, 11) is 5.33. The van der Waals surface area contributed by atoms with Crippen molar-refractivity contribution < 1.29 is 14.5 Å². The van der Waals surface area contributed by atoms with E-state index >= 15 is 0 Å². The van der Waals surface area contributed by atoms with Gasteiger partial charge in [-0.25, -0.2) is 10.3 Å². The van der Waals surface area contributed by atoms with Gasteiger partial charge in [-0.3, -0.25) is 0 Å². The van der Waals surface area contributed by atoms with E-state index in [-0.39, 0.29) is 5.95 Å². The highest BCUT2D eigenvalue weighted by Crippen LogP contribution is 2.38. The summed E-state index contributed by atoms with van der Waals surface area (Å²) in [6.07, 6.45) is 1.88. The van der Waals surface area contributed by atoms with Gasteiger partial charge >= 0.3 is 5.13 Å². The number of aromatic amines is 2. The van der Waals surface area contributed by atoms with Crippen LogP contribution >= 0.6 is 23.6 Å². The molecule has 11 nitrogen and oxygen atoms in total. The molecule has 0 amide bonds. The van der Waals surface area contributed by atoms with Crippen LogP contribution < -0.4 is 30.8 Å². The highest BCUT2D eigenvalue weighted by molar-refractivity contribution is 7.80. The molecule has 0 saturated carbocycles. The molecule has 6 N–H and O–H groups in total. The smallest absolute Gasteiger partial charge is 0.339 e. The van der Waals surface area contributed by atoms with Crippen LogP contribution in [0.3, 0.4) is 0 Å². The van der Waals surface area contributed by atoms with Gasteiger partial charge in [-0.05, 0) is 36.7 Å². The van der Waals surface area contributed by atoms with Crippen LogP contribution in [0.2, 0.25) is 0 Å². The van der Waals surface area contributed by atoms with Crippen molar-refractivity contribution >= 4 is 72.5 Å². The Balaban J connectivity index is 1.43. The van der Waals surface area contributed by atoms with E-state index in [1.54, 1.807) is 14.2 Å². The number of piperazine rings is 1. The zero-order valence-corrected chi connectivity index (χ0v) is 20.7. The largest absolute Gasteiger partial charge is 0.493 e. The first kappa shape index (κ1) is 22.4. The quantitative estimate of drug-likeness (QED) is 0.303. The van der Waals surface area contributed by atoms with E-state index in [0.29, 0.717) is 23.0 Å². The molecule has 5 rings (SSSR count). The average molecular weight is 501 g/mol. The number of anilines is 4. The molecule has 4 aromatic rings. The van der Waals surface area contributed by atoms with Gasteiger partial charge in [0.1, 0.15) is 16.8 Å². The van der Waals surface area contributed by atoms with Gasteiger partial charge in [0.25, 0.3) is 0 Å². The van der Waals surface area contributed by atoms with Gasteiger partial charge in [0.2, 0.25) is 11.8 Å². The number of fused-ring (bicyclic) bond motifs is 3. The van der Waals surface area contributed by atoms with Gasteiger partial charge in [0.15, 0.2) is 16.6 Å². The maximum atomic E-state index is 6.00. The molecule has 0 atom stereocenters. The number of nitrogens with zero attached hydrogens (tertiary/aromatic N) is 4. The number of rotatable bonds is 5. The Morgan fingerprint density at radius 1 is 1.18 bits per heavy atom. The van der Waals surface area contributed by atoms with Gasteiger partial charge in [-0.2, -0.15) is 9.97 Å². The van der Waals surface area contributed by atoms with Gasteiger partial charge in [0, 0.05) is 37.6 Å². The monoisotopic (exact) mass is 500 g/mol. The second kappa shape index (κ2) is 9.08. The Morgan fingerprint density at radius 2 is 1.91 bits per heavy atom. The fourth-order valence-electron chi connectivity index (χ4n) is 3.96. The number of likely N-dealkylation sites (N-methyl/N-ethyl adjacent to an activating group) is 1. The van der Waals surface area contributed by atoms with Gasteiger partial charge in [-0.15, -0.1) is 0 Å². The molecule has 3 aromatic heterocycles. The Bertz CT molecular complexity index is 1360. The van der Waals surface area contributed by atoms with Crippen molar-refractivity contribution in [3.8, 4) is 11.5 Å². The van der Waals surface area contributed by atoms with Crippen LogP contribution in [0.1, 0.15) is 0 Å². The van der Waals surface area contributed by atoms with Crippen molar-refractivity contribution in [2.45, 2.75) is 0 Å². The van der Waals surface area contributed by atoms with Crippen molar-refractivity contribution in [3.63, 3.8) is 0 Å². The number of aromatic nitrogens is 4. The molecule has 0 bridgehead atoms. The van der Waals surface area contributed by atoms with Crippen LogP contribution in [-0.4, -0.2) is 77.3 Å². The van der Waals surface area contributed by atoms with Crippen LogP contribution in [0.25, 0.3) is 21.9 Å². The lowest BCUT2D eigenvalue weighted by atomic mass is 10.2. The number of nitrogens with two attached hydrogens (primary N) is 1. The van der Waals surface area contributed by atoms with E-state index in [0.717, 1.165) is 57.7 Å². The molecule has 4 heterocycles. The van der Waals surface area contributed by atoms with Gasteiger partial charge < -0.3 is 35.3 Å². The first-order chi connectivity index (χ1) is 16.4. The number of nitrogens with one attached hydrogen (secondary N) is 4. The fourth-order valence-corrected chi connectivity index (χ4v) is 5.06. The number of ether oxygens (including phenoxy) is 2. The highest BCUT2D eigenvalue weighted by atomic mass is 32.1. The molecular formula is C21H26N9O2S2+. The maximum Gasteiger partial charge on any atom is 0.339 e. The predicted octanol–water partition coefficient (Wildman–Crippen LogP) is 2.27. The maximum absolute atomic E-state index is 6.00. The summed E-state index contributed by atoms with van der Waals surface area (Å²) in [6, 6.07) is 3.77. The topological polar surface area (TPSA) is 131 Å². The van der Waals surface area contributed by atoms with Crippen LogP contribution in [-0.2, 0) is 0 Å². The SMILES string of the molecule is COc1cc2[nH]c3nc(N)nc(Nc4[nH+]cc(NC(=S)N5CCN(C)CC5)s4)c3c2cc1OC. The standard InChI is InChI=1S/C21H25N9O2S2/c1-29-4-6-30(7-5-29)21(33)25-15-10-23-20(34-15)28-18-16-11-8-13(31-2)14(32-3)9-12(11)24-17(16)26-19(22)27-18/h8-10H,4-7H2,1-3H3,(H,25,33)(H4,22,23,24,26,27,28)/p+1. The number of benzene rings is 1. The van der Waals surface area contributed by atoms with Crippen molar-refractivity contribution in [1.82, 2.24) is 24.8 Å². The third kappa shape index (κ3) is 4.24. The third-order valence-electron chi connectivity index (χ3n) is 5.77. The number of thiocarbonyl (C=S) groups is 1. The van der Waals surface area contributed by atoms with Crippen LogP contribution in [0.5, 0.6) is 11.5 Å². The zero-order valence-electron chi connectivity index (χ0n) is 19.1. The molecule has 34 heavy (non-hydrogen) atoms. The fraction of sp³-hybridized carbons (Fsp3) is 0.333. The number of hydrogen-bond acceptors (Lipinski definition) is 9. The van der Waals surface area contributed by atoms with E-state index in [1.165, 1.54) is 11.3 Å². The number of hydrogen-bond donors (Lipinski definition) is 4. The highest BCUT2D eigenvalue weighted by Gasteiger charge is 2.22. The summed E-state index contributed by atoms with van der Waals surface area (Å²) in [5.74, 6) is 1.97. The second-order valence-corrected chi connectivity index (χ2v) is 9.40. The summed E-state index contributed by atoms with van der Waals surface area (Å²) >= 11 is 7.10. The molecule has 0 radical (unpaired) electrons. The number of H-pyrrole nitrogens is 2. The van der Waals surface area contributed by atoms with Gasteiger partial charge in [-0.1, -0.05) is 0 Å². The average Bonchev–Trinajstić information content (AvgIpc) is 3.41. The van der Waals surface area contributed by atoms with Crippen molar-refractivity contribution in [1.29, 1.82) is 0 Å². The number of methoxy groups -OCH3 is 2. The van der Waals surface area contributed by atoms with Crippen molar-refractivity contribution in [2.24, 2.45) is 0 Å². The van der Waals surface area contributed by atoms with E-state index in [9.17, 15) is 0 Å². The molecule has 1 aromatic carbocycles. The minimum absolute atomic E-state index is 0.159. The molecule has 13 heteroatoms. The molecule has 1 fully saturated rings.